The van der Waals surface area contributed by atoms with Crippen molar-refractivity contribution in [2.24, 2.45) is 5.92 Å². The zero-order valence-electron chi connectivity index (χ0n) is 11.7. The monoisotopic (exact) mass is 329 g/mol. The lowest BCUT2D eigenvalue weighted by molar-refractivity contribution is -0.145. The molecule has 1 amide bonds. The first-order chi connectivity index (χ1) is 9.83. The number of amides is 1. The molecule has 1 fully saturated rings. The van der Waals surface area contributed by atoms with E-state index in [0.29, 0.717) is 22.9 Å². The van der Waals surface area contributed by atoms with Gasteiger partial charge >= 0.3 is 5.97 Å². The van der Waals surface area contributed by atoms with Crippen LogP contribution in [0.4, 0.5) is 0 Å². The fourth-order valence-electron chi connectivity index (χ4n) is 2.88. The second-order valence-corrected chi connectivity index (χ2v) is 6.48. The molecular weight excluding hydrogens is 313 g/mol. The number of aliphatic carboxylic acids is 1. The minimum absolute atomic E-state index is 0.264. The number of hydrogen-bond acceptors (Lipinski definition) is 2. The molecule has 0 aliphatic heterocycles. The van der Waals surface area contributed by atoms with Gasteiger partial charge in [-0.15, -0.1) is 0 Å². The van der Waals surface area contributed by atoms with Crippen LogP contribution >= 0.6 is 23.2 Å². The van der Waals surface area contributed by atoms with Gasteiger partial charge in [-0.3, -0.25) is 9.59 Å². The van der Waals surface area contributed by atoms with Gasteiger partial charge in [0, 0.05) is 5.02 Å². The van der Waals surface area contributed by atoms with Crippen LogP contribution in [0.3, 0.4) is 0 Å². The number of rotatable bonds is 3. The number of carbonyl (C=O) groups excluding carboxylic acids is 1. The van der Waals surface area contributed by atoms with Crippen LogP contribution in [0.5, 0.6) is 0 Å². The molecule has 0 radical (unpaired) electrons. The van der Waals surface area contributed by atoms with E-state index in [1.54, 1.807) is 19.1 Å². The number of halogens is 2. The SMILES string of the molecule is CC1(NC(=O)c2cc(Cl)ccc2Cl)CCCCC1C(=O)O. The molecule has 2 atom stereocenters. The van der Waals surface area contributed by atoms with Crippen LogP contribution in [0.1, 0.15) is 43.0 Å². The molecule has 0 bridgehead atoms. The molecule has 2 N–H and O–H groups in total. The number of carbonyl (C=O) groups is 2. The standard InChI is InChI=1S/C15H17Cl2NO3/c1-15(7-3-2-4-11(15)14(20)21)18-13(19)10-8-9(16)5-6-12(10)17/h5-6,8,11H,2-4,7H2,1H3,(H,18,19)(H,20,21). The van der Waals surface area contributed by atoms with Crippen LogP contribution < -0.4 is 5.32 Å². The quantitative estimate of drug-likeness (QED) is 0.887. The van der Waals surface area contributed by atoms with E-state index in [4.69, 9.17) is 23.2 Å². The topological polar surface area (TPSA) is 66.4 Å². The van der Waals surface area contributed by atoms with Crippen LogP contribution in [0.25, 0.3) is 0 Å². The van der Waals surface area contributed by atoms with E-state index in [0.717, 1.165) is 12.8 Å². The van der Waals surface area contributed by atoms with E-state index < -0.39 is 23.3 Å². The third kappa shape index (κ3) is 3.50. The Kier molecular flexibility index (Phi) is 4.79. The van der Waals surface area contributed by atoms with Gasteiger partial charge < -0.3 is 10.4 Å². The summed E-state index contributed by atoms with van der Waals surface area (Å²) in [4.78, 5) is 23.8. The third-order valence-corrected chi connectivity index (χ3v) is 4.64. The van der Waals surface area contributed by atoms with Crippen LogP contribution in [0.15, 0.2) is 18.2 Å². The first kappa shape index (κ1) is 16.1. The van der Waals surface area contributed by atoms with Gasteiger partial charge in [0.25, 0.3) is 5.91 Å². The average molecular weight is 330 g/mol. The van der Waals surface area contributed by atoms with Crippen LogP contribution in [-0.4, -0.2) is 22.5 Å². The number of carboxylic acid groups (broad SMARTS) is 1. The Morgan fingerprint density at radius 3 is 2.71 bits per heavy atom. The van der Waals surface area contributed by atoms with Crippen molar-refractivity contribution >= 4 is 35.1 Å². The van der Waals surface area contributed by atoms with Crippen molar-refractivity contribution in [1.29, 1.82) is 0 Å². The predicted molar refractivity (Wildman–Crippen MR) is 81.9 cm³/mol. The van der Waals surface area contributed by atoms with Gasteiger partial charge in [0.1, 0.15) is 0 Å². The van der Waals surface area contributed by atoms with Crippen molar-refractivity contribution in [2.45, 2.75) is 38.1 Å². The molecule has 1 saturated carbocycles. The maximum atomic E-state index is 12.4. The summed E-state index contributed by atoms with van der Waals surface area (Å²) in [5, 5.41) is 12.9. The minimum atomic E-state index is -0.880. The van der Waals surface area contributed by atoms with E-state index in [2.05, 4.69) is 5.32 Å². The first-order valence-electron chi connectivity index (χ1n) is 6.84. The number of hydrogen-bond donors (Lipinski definition) is 2. The predicted octanol–water partition coefficient (Wildman–Crippen LogP) is 3.76. The molecule has 2 unspecified atom stereocenters. The number of nitrogens with one attached hydrogen (secondary N) is 1. The fraction of sp³-hybridized carbons (Fsp3) is 0.467. The van der Waals surface area contributed by atoms with Gasteiger partial charge in [0.05, 0.1) is 22.0 Å². The highest BCUT2D eigenvalue weighted by atomic mass is 35.5. The number of benzene rings is 1. The van der Waals surface area contributed by atoms with Gasteiger partial charge in [-0.1, -0.05) is 36.0 Å². The summed E-state index contributed by atoms with van der Waals surface area (Å²) in [7, 11) is 0. The summed E-state index contributed by atoms with van der Waals surface area (Å²) in [6, 6.07) is 4.64. The summed E-state index contributed by atoms with van der Waals surface area (Å²) in [5.74, 6) is -1.86. The molecular formula is C15H17Cl2NO3. The van der Waals surface area contributed by atoms with Gasteiger partial charge in [0.2, 0.25) is 0 Å². The number of carboxylic acids is 1. The van der Waals surface area contributed by atoms with Crippen molar-refractivity contribution in [3.63, 3.8) is 0 Å². The van der Waals surface area contributed by atoms with Crippen LogP contribution in [-0.2, 0) is 4.79 Å². The molecule has 1 aromatic carbocycles. The Morgan fingerprint density at radius 2 is 2.05 bits per heavy atom. The van der Waals surface area contributed by atoms with Crippen LogP contribution in [0, 0.1) is 5.92 Å². The second kappa shape index (κ2) is 6.24. The summed E-state index contributed by atoms with van der Waals surface area (Å²) in [5.41, 5.74) is -0.507. The highest BCUT2D eigenvalue weighted by Crippen LogP contribution is 2.34. The highest BCUT2D eigenvalue weighted by molar-refractivity contribution is 6.35. The first-order valence-corrected chi connectivity index (χ1v) is 7.59. The Balaban J connectivity index is 2.24. The fourth-order valence-corrected chi connectivity index (χ4v) is 3.25. The van der Waals surface area contributed by atoms with E-state index in [1.807, 2.05) is 0 Å². The zero-order chi connectivity index (χ0) is 15.6. The second-order valence-electron chi connectivity index (χ2n) is 5.63. The minimum Gasteiger partial charge on any atom is -0.481 e. The van der Waals surface area contributed by atoms with Gasteiger partial charge in [0.15, 0.2) is 0 Å². The normalized spacial score (nSPS) is 25.4. The maximum Gasteiger partial charge on any atom is 0.308 e. The summed E-state index contributed by atoms with van der Waals surface area (Å²) in [6.07, 6.45) is 2.95. The smallest absolute Gasteiger partial charge is 0.308 e. The summed E-state index contributed by atoms with van der Waals surface area (Å²) >= 11 is 11.9. The van der Waals surface area contributed by atoms with Crippen LogP contribution in [0.2, 0.25) is 10.0 Å². The summed E-state index contributed by atoms with van der Waals surface area (Å²) < 4.78 is 0. The van der Waals surface area contributed by atoms with E-state index in [1.165, 1.54) is 6.07 Å². The van der Waals surface area contributed by atoms with E-state index in [-0.39, 0.29) is 5.56 Å². The zero-order valence-corrected chi connectivity index (χ0v) is 13.2. The molecule has 1 aliphatic carbocycles. The molecule has 0 spiro atoms. The molecule has 114 valence electrons. The highest BCUT2D eigenvalue weighted by Gasteiger charge is 2.42. The Bertz CT molecular complexity index is 576. The van der Waals surface area contributed by atoms with Crippen molar-refractivity contribution in [3.05, 3.63) is 33.8 Å². The third-order valence-electron chi connectivity index (χ3n) is 4.08. The molecule has 1 aliphatic rings. The molecule has 0 saturated heterocycles. The van der Waals surface area contributed by atoms with Gasteiger partial charge in [-0.25, -0.2) is 0 Å². The van der Waals surface area contributed by atoms with E-state index >= 15 is 0 Å². The van der Waals surface area contributed by atoms with Crippen molar-refractivity contribution in [3.8, 4) is 0 Å². The molecule has 0 aromatic heterocycles. The van der Waals surface area contributed by atoms with E-state index in [9.17, 15) is 14.7 Å². The lowest BCUT2D eigenvalue weighted by Gasteiger charge is -2.39. The van der Waals surface area contributed by atoms with Crippen molar-refractivity contribution in [2.75, 3.05) is 0 Å². The Morgan fingerprint density at radius 1 is 1.33 bits per heavy atom. The molecule has 2 rings (SSSR count). The molecule has 6 heteroatoms. The molecule has 21 heavy (non-hydrogen) atoms. The Labute approximate surface area is 133 Å². The largest absolute Gasteiger partial charge is 0.481 e. The maximum absolute atomic E-state index is 12.4. The van der Waals surface area contributed by atoms with Gasteiger partial charge in [-0.05, 0) is 38.0 Å². The van der Waals surface area contributed by atoms with Crippen molar-refractivity contribution < 1.29 is 14.7 Å². The van der Waals surface area contributed by atoms with Gasteiger partial charge in [-0.2, -0.15) is 0 Å². The lowest BCUT2D eigenvalue weighted by atomic mass is 9.73. The van der Waals surface area contributed by atoms with Crippen molar-refractivity contribution in [1.82, 2.24) is 5.32 Å². The molecule has 0 heterocycles. The Hall–Kier alpha value is -1.26. The molecule has 4 nitrogen and oxygen atoms in total. The molecule has 1 aromatic rings. The average Bonchev–Trinajstić information content (AvgIpc) is 2.41. The lowest BCUT2D eigenvalue weighted by Crippen LogP contribution is -2.55. The summed E-state index contributed by atoms with van der Waals surface area (Å²) in [6.45, 7) is 1.78.